The zero-order chi connectivity index (χ0) is 9.30. The number of halogens is 1. The molecule has 1 heterocycles. The van der Waals surface area contributed by atoms with Gasteiger partial charge in [0.05, 0.1) is 0 Å². The number of rotatable bonds is 2. The van der Waals surface area contributed by atoms with Gasteiger partial charge in [0.15, 0.2) is 0 Å². The topological polar surface area (TPSA) is 37.4 Å². The van der Waals surface area contributed by atoms with Crippen molar-refractivity contribution in [2.75, 3.05) is 11.9 Å². The number of carbonyl (C=O) groups excluding carboxylic acids is 2. The van der Waals surface area contributed by atoms with Gasteiger partial charge in [-0.1, -0.05) is 29.8 Å². The average molecular weight is 234 g/mol. The van der Waals surface area contributed by atoms with Gasteiger partial charge in [-0.3, -0.25) is 14.5 Å². The van der Waals surface area contributed by atoms with Crippen molar-refractivity contribution in [1.82, 2.24) is 4.90 Å². The summed E-state index contributed by atoms with van der Waals surface area (Å²) in [5.41, 5.74) is 0. The summed E-state index contributed by atoms with van der Waals surface area (Å²) in [6.45, 7) is 4.10. The molecule has 0 radical (unpaired) electrons. The molecule has 3 nitrogen and oxygen atoms in total. The van der Waals surface area contributed by atoms with E-state index in [1.807, 2.05) is 0 Å². The van der Waals surface area contributed by atoms with Gasteiger partial charge in [-0.15, -0.1) is 0 Å². The first kappa shape index (κ1) is 9.71. The molecule has 0 saturated carbocycles. The molecule has 0 aromatic heterocycles. The van der Waals surface area contributed by atoms with E-state index in [0.717, 1.165) is 0 Å². The van der Waals surface area contributed by atoms with Crippen molar-refractivity contribution in [2.45, 2.75) is 13.8 Å². The zero-order valence-electron chi connectivity index (χ0n) is 7.21. The highest BCUT2D eigenvalue weighted by Gasteiger charge is 2.41. The van der Waals surface area contributed by atoms with Crippen molar-refractivity contribution in [3.05, 3.63) is 0 Å². The minimum absolute atomic E-state index is 0.0352. The lowest BCUT2D eigenvalue weighted by Gasteiger charge is -2.11. The summed E-state index contributed by atoms with van der Waals surface area (Å²) in [6.07, 6.45) is 0. The summed E-state index contributed by atoms with van der Waals surface area (Å²) in [7, 11) is 0. The maximum atomic E-state index is 11.4. The van der Waals surface area contributed by atoms with Crippen molar-refractivity contribution in [3.63, 3.8) is 0 Å². The monoisotopic (exact) mass is 233 g/mol. The maximum absolute atomic E-state index is 11.4. The van der Waals surface area contributed by atoms with E-state index in [9.17, 15) is 9.59 Å². The summed E-state index contributed by atoms with van der Waals surface area (Å²) in [5, 5.41) is 0.657. The molecule has 2 amide bonds. The molecule has 1 aliphatic rings. The van der Waals surface area contributed by atoms with Crippen molar-refractivity contribution in [1.29, 1.82) is 0 Å². The van der Waals surface area contributed by atoms with Gasteiger partial charge in [0, 0.05) is 23.7 Å². The number of amides is 2. The lowest BCUT2D eigenvalue weighted by Crippen LogP contribution is -2.32. The first-order valence-corrected chi connectivity index (χ1v) is 5.13. The van der Waals surface area contributed by atoms with Gasteiger partial charge in [0.25, 0.3) is 0 Å². The molecule has 0 aliphatic carbocycles. The Morgan fingerprint density at radius 1 is 1.25 bits per heavy atom. The van der Waals surface area contributed by atoms with Gasteiger partial charge < -0.3 is 0 Å². The number of imide groups is 1. The maximum Gasteiger partial charge on any atom is 0.232 e. The highest BCUT2D eigenvalue weighted by molar-refractivity contribution is 9.09. The second-order valence-electron chi connectivity index (χ2n) is 3.09. The molecular weight excluding hydrogens is 222 g/mol. The van der Waals surface area contributed by atoms with E-state index in [0.29, 0.717) is 11.9 Å². The van der Waals surface area contributed by atoms with Crippen molar-refractivity contribution in [2.24, 2.45) is 11.8 Å². The fraction of sp³-hybridized carbons (Fsp3) is 0.750. The minimum Gasteiger partial charge on any atom is -0.281 e. The third-order valence-electron chi connectivity index (χ3n) is 2.37. The minimum atomic E-state index is -0.142. The Balaban J connectivity index is 2.76. The first-order chi connectivity index (χ1) is 5.59. The van der Waals surface area contributed by atoms with Crippen LogP contribution in [0.5, 0.6) is 0 Å². The quantitative estimate of drug-likeness (QED) is 0.528. The second kappa shape index (κ2) is 3.56. The van der Waals surface area contributed by atoms with Crippen LogP contribution in [-0.2, 0) is 9.59 Å². The highest BCUT2D eigenvalue weighted by Crippen LogP contribution is 2.24. The van der Waals surface area contributed by atoms with E-state index in [-0.39, 0.29) is 23.7 Å². The molecule has 1 saturated heterocycles. The van der Waals surface area contributed by atoms with Crippen molar-refractivity contribution < 1.29 is 9.59 Å². The van der Waals surface area contributed by atoms with Crippen LogP contribution in [0.1, 0.15) is 13.8 Å². The normalized spacial score (nSPS) is 30.1. The highest BCUT2D eigenvalue weighted by atomic mass is 79.9. The standard InChI is InChI=1S/C8H12BrNO2/c1-5-6(2)8(12)10(4-3-9)7(5)11/h5-6H,3-4H2,1-2H3. The first-order valence-electron chi connectivity index (χ1n) is 4.00. The molecule has 0 spiro atoms. The molecule has 2 atom stereocenters. The Labute approximate surface area is 80.2 Å². The molecule has 0 aromatic rings. The van der Waals surface area contributed by atoms with Gasteiger partial charge in [0.2, 0.25) is 11.8 Å². The number of hydrogen-bond donors (Lipinski definition) is 0. The van der Waals surface area contributed by atoms with E-state index in [4.69, 9.17) is 0 Å². The van der Waals surface area contributed by atoms with Gasteiger partial charge in [-0.05, 0) is 0 Å². The number of alkyl halides is 1. The van der Waals surface area contributed by atoms with Gasteiger partial charge in [-0.25, -0.2) is 0 Å². The van der Waals surface area contributed by atoms with Gasteiger partial charge in [-0.2, -0.15) is 0 Å². The SMILES string of the molecule is CC1C(=O)N(CCBr)C(=O)C1C. The van der Waals surface area contributed by atoms with Crippen LogP contribution in [0.15, 0.2) is 0 Å². The average Bonchev–Trinajstić information content (AvgIpc) is 2.23. The smallest absolute Gasteiger partial charge is 0.232 e. The number of likely N-dealkylation sites (tertiary alicyclic amines) is 1. The second-order valence-corrected chi connectivity index (χ2v) is 3.89. The van der Waals surface area contributed by atoms with Gasteiger partial charge in [0.1, 0.15) is 0 Å². The van der Waals surface area contributed by atoms with Crippen LogP contribution in [0.25, 0.3) is 0 Å². The summed E-state index contributed by atoms with van der Waals surface area (Å²) in [6, 6.07) is 0. The Morgan fingerprint density at radius 3 is 2.00 bits per heavy atom. The Bertz CT molecular complexity index is 197. The molecule has 2 unspecified atom stereocenters. The molecule has 0 N–H and O–H groups in total. The summed E-state index contributed by atoms with van der Waals surface area (Å²) in [5.74, 6) is -0.355. The summed E-state index contributed by atoms with van der Waals surface area (Å²) in [4.78, 5) is 24.1. The van der Waals surface area contributed by atoms with Crippen molar-refractivity contribution in [3.8, 4) is 0 Å². The van der Waals surface area contributed by atoms with E-state index in [2.05, 4.69) is 15.9 Å². The third kappa shape index (κ3) is 1.40. The van der Waals surface area contributed by atoms with Crippen LogP contribution >= 0.6 is 15.9 Å². The Hall–Kier alpha value is -0.380. The van der Waals surface area contributed by atoms with Crippen LogP contribution in [0.2, 0.25) is 0 Å². The van der Waals surface area contributed by atoms with Crippen LogP contribution in [0.4, 0.5) is 0 Å². The lowest BCUT2D eigenvalue weighted by atomic mass is 10.00. The molecule has 1 aliphatic heterocycles. The molecule has 1 rings (SSSR count). The predicted octanol–water partition coefficient (Wildman–Crippen LogP) is 1.02. The molecule has 4 heteroatoms. The Kier molecular flexibility index (Phi) is 2.88. The number of carbonyl (C=O) groups is 2. The fourth-order valence-corrected chi connectivity index (χ4v) is 1.69. The summed E-state index contributed by atoms with van der Waals surface area (Å²) < 4.78 is 0. The van der Waals surface area contributed by atoms with E-state index >= 15 is 0 Å². The van der Waals surface area contributed by atoms with Crippen molar-refractivity contribution >= 4 is 27.7 Å². The number of hydrogen-bond acceptors (Lipinski definition) is 2. The summed E-state index contributed by atoms with van der Waals surface area (Å²) >= 11 is 3.21. The Morgan fingerprint density at radius 2 is 1.67 bits per heavy atom. The van der Waals surface area contributed by atoms with Crippen LogP contribution in [0.3, 0.4) is 0 Å². The van der Waals surface area contributed by atoms with E-state index < -0.39 is 0 Å². The van der Waals surface area contributed by atoms with E-state index in [1.165, 1.54) is 4.90 Å². The molecule has 68 valence electrons. The molecular formula is C8H12BrNO2. The zero-order valence-corrected chi connectivity index (χ0v) is 8.80. The van der Waals surface area contributed by atoms with Crippen LogP contribution < -0.4 is 0 Å². The largest absolute Gasteiger partial charge is 0.281 e. The van der Waals surface area contributed by atoms with E-state index in [1.54, 1.807) is 13.8 Å². The number of nitrogens with zero attached hydrogens (tertiary/aromatic N) is 1. The molecule has 0 aromatic carbocycles. The predicted molar refractivity (Wildman–Crippen MR) is 48.8 cm³/mol. The van der Waals surface area contributed by atoms with Crippen LogP contribution in [-0.4, -0.2) is 28.6 Å². The molecule has 12 heavy (non-hydrogen) atoms. The molecule has 1 fully saturated rings. The molecule has 0 bridgehead atoms. The third-order valence-corrected chi connectivity index (χ3v) is 2.72. The lowest BCUT2D eigenvalue weighted by molar-refractivity contribution is -0.139. The fourth-order valence-electron chi connectivity index (χ4n) is 1.33. The van der Waals surface area contributed by atoms with Gasteiger partial charge >= 0.3 is 0 Å². The van der Waals surface area contributed by atoms with Crippen LogP contribution in [0, 0.1) is 11.8 Å².